The van der Waals surface area contributed by atoms with Crippen molar-refractivity contribution >= 4 is 10.0 Å². The van der Waals surface area contributed by atoms with Gasteiger partial charge in [-0.15, -0.1) is 0 Å². The van der Waals surface area contributed by atoms with Crippen LogP contribution in [-0.4, -0.2) is 21.5 Å². The van der Waals surface area contributed by atoms with E-state index >= 15 is 0 Å². The molecule has 3 N–H and O–H groups in total. The topological polar surface area (TPSA) is 72.2 Å². The van der Waals surface area contributed by atoms with Gasteiger partial charge in [0.1, 0.15) is 0 Å². The van der Waals surface area contributed by atoms with Crippen LogP contribution in [0.4, 0.5) is 0 Å². The normalized spacial score (nSPS) is 11.7. The predicted molar refractivity (Wildman–Crippen MR) is 73.9 cm³/mol. The Bertz CT molecular complexity index is 441. The first-order chi connectivity index (χ1) is 8.54. The number of nitrogens with two attached hydrogens (primary N) is 1. The van der Waals surface area contributed by atoms with Crippen LogP contribution in [0.2, 0.25) is 0 Å². The molecule has 0 amide bonds. The fourth-order valence-electron chi connectivity index (χ4n) is 1.70. The maximum atomic E-state index is 11.1. The van der Waals surface area contributed by atoms with E-state index in [4.69, 9.17) is 5.14 Å². The van der Waals surface area contributed by atoms with Crippen LogP contribution >= 0.6 is 0 Å². The molecule has 5 heteroatoms. The van der Waals surface area contributed by atoms with Gasteiger partial charge in [-0.3, -0.25) is 0 Å². The second kappa shape index (κ2) is 7.51. The van der Waals surface area contributed by atoms with Crippen molar-refractivity contribution in [3.05, 3.63) is 29.8 Å². The summed E-state index contributed by atoms with van der Waals surface area (Å²) in [6.07, 6.45) is 4.60. The molecule has 1 aromatic rings. The van der Waals surface area contributed by atoms with E-state index in [0.717, 1.165) is 25.1 Å². The molecule has 0 aliphatic heterocycles. The van der Waals surface area contributed by atoms with E-state index in [1.807, 2.05) is 12.1 Å². The van der Waals surface area contributed by atoms with Gasteiger partial charge in [0, 0.05) is 0 Å². The van der Waals surface area contributed by atoms with E-state index in [2.05, 4.69) is 12.2 Å². The molecule has 0 spiro atoms. The minimum Gasteiger partial charge on any atom is -0.316 e. The van der Waals surface area contributed by atoms with Crippen LogP contribution in [0.25, 0.3) is 0 Å². The quantitative estimate of drug-likeness (QED) is 0.706. The molecule has 0 heterocycles. The lowest BCUT2D eigenvalue weighted by molar-refractivity contribution is 0.597. The number of rotatable bonds is 8. The van der Waals surface area contributed by atoms with Crippen molar-refractivity contribution in [2.45, 2.75) is 37.5 Å². The van der Waals surface area contributed by atoms with E-state index in [-0.39, 0.29) is 4.90 Å². The Balaban J connectivity index is 2.32. The van der Waals surface area contributed by atoms with Gasteiger partial charge in [-0.2, -0.15) is 0 Å². The number of hydrogen-bond acceptors (Lipinski definition) is 3. The maximum absolute atomic E-state index is 11.1. The Morgan fingerprint density at radius 3 is 2.33 bits per heavy atom. The largest absolute Gasteiger partial charge is 0.316 e. The monoisotopic (exact) mass is 270 g/mol. The highest BCUT2D eigenvalue weighted by Crippen LogP contribution is 2.08. The summed E-state index contributed by atoms with van der Waals surface area (Å²) < 4.78 is 22.1. The lowest BCUT2D eigenvalue weighted by atomic mass is 10.1. The molecule has 0 unspecified atom stereocenters. The number of nitrogens with one attached hydrogen (secondary N) is 1. The maximum Gasteiger partial charge on any atom is 0.238 e. The third-order valence-corrected chi connectivity index (χ3v) is 3.73. The van der Waals surface area contributed by atoms with Crippen molar-refractivity contribution in [1.29, 1.82) is 0 Å². The van der Waals surface area contributed by atoms with E-state index in [1.54, 1.807) is 12.1 Å². The summed E-state index contributed by atoms with van der Waals surface area (Å²) >= 11 is 0. The van der Waals surface area contributed by atoms with Crippen LogP contribution < -0.4 is 10.5 Å². The molecule has 0 atom stereocenters. The Morgan fingerprint density at radius 1 is 1.11 bits per heavy atom. The molecule has 18 heavy (non-hydrogen) atoms. The third kappa shape index (κ3) is 5.62. The lowest BCUT2D eigenvalue weighted by Crippen LogP contribution is -2.18. The number of benzene rings is 1. The molecule has 0 fully saturated rings. The molecule has 102 valence electrons. The average Bonchev–Trinajstić information content (AvgIpc) is 2.33. The molecule has 0 saturated carbocycles. The fraction of sp³-hybridized carbons (Fsp3) is 0.538. The second-order valence-electron chi connectivity index (χ2n) is 4.40. The number of hydrogen-bond donors (Lipinski definition) is 2. The Morgan fingerprint density at radius 2 is 1.78 bits per heavy atom. The highest BCUT2D eigenvalue weighted by molar-refractivity contribution is 7.89. The summed E-state index contributed by atoms with van der Waals surface area (Å²) in [5.41, 5.74) is 1.12. The van der Waals surface area contributed by atoms with E-state index in [1.165, 1.54) is 19.3 Å². The molecule has 0 aliphatic rings. The Labute approximate surface area is 110 Å². The highest BCUT2D eigenvalue weighted by Gasteiger charge is 2.06. The number of unbranched alkanes of at least 4 members (excludes halogenated alkanes) is 2. The zero-order chi connectivity index (χ0) is 13.4. The summed E-state index contributed by atoms with van der Waals surface area (Å²) in [6.45, 7) is 4.15. The first kappa shape index (κ1) is 15.1. The van der Waals surface area contributed by atoms with Gasteiger partial charge >= 0.3 is 0 Å². The first-order valence-electron chi connectivity index (χ1n) is 6.36. The summed E-state index contributed by atoms with van der Waals surface area (Å²) in [5, 5.41) is 8.41. The van der Waals surface area contributed by atoms with Gasteiger partial charge < -0.3 is 5.32 Å². The Hall–Kier alpha value is -0.910. The summed E-state index contributed by atoms with van der Waals surface area (Å²) in [7, 11) is -3.57. The van der Waals surface area contributed by atoms with Crippen molar-refractivity contribution < 1.29 is 8.42 Å². The molecule has 0 radical (unpaired) electrons. The van der Waals surface area contributed by atoms with Gasteiger partial charge in [-0.25, -0.2) is 13.6 Å². The van der Waals surface area contributed by atoms with E-state index < -0.39 is 10.0 Å². The molecule has 0 aromatic heterocycles. The molecular weight excluding hydrogens is 248 g/mol. The van der Waals surface area contributed by atoms with E-state index in [0.29, 0.717) is 0 Å². The highest BCUT2D eigenvalue weighted by atomic mass is 32.2. The average molecular weight is 270 g/mol. The first-order valence-corrected chi connectivity index (χ1v) is 7.91. The minimum absolute atomic E-state index is 0.169. The standard InChI is InChI=1S/C13H22N2O2S/c1-2-3-4-10-15-11-9-12-5-7-13(8-6-12)18(14,16)17/h5-8,15H,2-4,9-11H2,1H3,(H2,14,16,17). The van der Waals surface area contributed by atoms with Crippen molar-refractivity contribution in [2.24, 2.45) is 5.14 Å². The van der Waals surface area contributed by atoms with Gasteiger partial charge in [0.05, 0.1) is 4.90 Å². The van der Waals surface area contributed by atoms with Crippen LogP contribution in [0, 0.1) is 0 Å². The van der Waals surface area contributed by atoms with Crippen molar-refractivity contribution in [1.82, 2.24) is 5.32 Å². The minimum atomic E-state index is -3.57. The van der Waals surface area contributed by atoms with Gasteiger partial charge in [-0.05, 0) is 43.6 Å². The predicted octanol–water partition coefficient (Wildman–Crippen LogP) is 1.66. The SMILES string of the molecule is CCCCCNCCc1ccc(S(N)(=O)=O)cc1. The van der Waals surface area contributed by atoms with Crippen molar-refractivity contribution in [3.63, 3.8) is 0 Å². The molecule has 0 bridgehead atoms. The number of sulfonamides is 1. The molecule has 0 aliphatic carbocycles. The van der Waals surface area contributed by atoms with Crippen LogP contribution in [0.5, 0.6) is 0 Å². The van der Waals surface area contributed by atoms with Crippen LogP contribution in [0.3, 0.4) is 0 Å². The van der Waals surface area contributed by atoms with Gasteiger partial charge in [0.15, 0.2) is 0 Å². The molecular formula is C13H22N2O2S. The van der Waals surface area contributed by atoms with Gasteiger partial charge in [-0.1, -0.05) is 31.9 Å². The second-order valence-corrected chi connectivity index (χ2v) is 5.96. The van der Waals surface area contributed by atoms with Gasteiger partial charge in [0.25, 0.3) is 0 Å². The van der Waals surface area contributed by atoms with Crippen LogP contribution in [-0.2, 0) is 16.4 Å². The van der Waals surface area contributed by atoms with Crippen molar-refractivity contribution in [2.75, 3.05) is 13.1 Å². The van der Waals surface area contributed by atoms with Gasteiger partial charge in [0.2, 0.25) is 10.0 Å². The molecule has 1 rings (SSSR count). The molecule has 0 saturated heterocycles. The van der Waals surface area contributed by atoms with Crippen LogP contribution in [0.1, 0.15) is 31.7 Å². The summed E-state index contributed by atoms with van der Waals surface area (Å²) in [6, 6.07) is 6.74. The fourth-order valence-corrected chi connectivity index (χ4v) is 2.22. The zero-order valence-electron chi connectivity index (χ0n) is 10.9. The third-order valence-electron chi connectivity index (χ3n) is 2.80. The number of primary sulfonamides is 1. The molecule has 4 nitrogen and oxygen atoms in total. The van der Waals surface area contributed by atoms with Crippen LogP contribution in [0.15, 0.2) is 29.2 Å². The summed E-state index contributed by atoms with van der Waals surface area (Å²) in [4.78, 5) is 0.169. The van der Waals surface area contributed by atoms with Crippen molar-refractivity contribution in [3.8, 4) is 0 Å². The lowest BCUT2D eigenvalue weighted by Gasteiger charge is -2.05. The smallest absolute Gasteiger partial charge is 0.238 e. The summed E-state index contributed by atoms with van der Waals surface area (Å²) in [5.74, 6) is 0. The molecule has 1 aromatic carbocycles. The zero-order valence-corrected chi connectivity index (χ0v) is 11.7. The van der Waals surface area contributed by atoms with E-state index in [9.17, 15) is 8.42 Å². The Kier molecular flexibility index (Phi) is 6.32.